The molecule has 2 rings (SSSR count). The molecule has 1 aliphatic rings. The lowest BCUT2D eigenvalue weighted by atomic mass is 10.1. The topological polar surface area (TPSA) is 36.4 Å². The van der Waals surface area contributed by atoms with E-state index >= 15 is 0 Å². The maximum atomic E-state index is 10.0. The van der Waals surface area contributed by atoms with Crippen molar-refractivity contribution in [2.24, 2.45) is 0 Å². The van der Waals surface area contributed by atoms with Crippen LogP contribution in [-0.2, 0) is 0 Å². The van der Waals surface area contributed by atoms with Crippen molar-refractivity contribution in [2.75, 3.05) is 7.05 Å². The minimum atomic E-state index is -0.666. The number of aromatic nitrogens is 1. The molecule has 2 atom stereocenters. The van der Waals surface area contributed by atoms with Crippen molar-refractivity contribution in [2.45, 2.75) is 31.5 Å². The molecule has 0 bridgehead atoms. The summed E-state index contributed by atoms with van der Waals surface area (Å²) in [5.41, 5.74) is 0.522. The van der Waals surface area contributed by atoms with E-state index in [4.69, 9.17) is 0 Å². The fourth-order valence-corrected chi connectivity index (χ4v) is 2.08. The lowest BCUT2D eigenvalue weighted by molar-refractivity contribution is -0.0640. The fraction of sp³-hybridized carbons (Fsp3) is 0.545. The van der Waals surface area contributed by atoms with Crippen LogP contribution < -0.4 is 0 Å². The summed E-state index contributed by atoms with van der Waals surface area (Å²) in [5.74, 6) is 0. The molecule has 0 saturated carbocycles. The molecule has 1 saturated heterocycles. The Morgan fingerprint density at radius 3 is 2.93 bits per heavy atom. The van der Waals surface area contributed by atoms with E-state index in [0.717, 1.165) is 12.8 Å². The Labute approximate surface area is 84.4 Å². The first-order valence-corrected chi connectivity index (χ1v) is 4.96. The molecule has 0 amide bonds. The van der Waals surface area contributed by atoms with Crippen LogP contribution in [0.4, 0.5) is 0 Å². The van der Waals surface area contributed by atoms with Gasteiger partial charge in [0.2, 0.25) is 0 Å². The van der Waals surface area contributed by atoms with Crippen LogP contribution in [0.2, 0.25) is 0 Å². The number of aliphatic hydroxyl groups is 1. The Bertz CT molecular complexity index is 310. The van der Waals surface area contributed by atoms with E-state index in [1.54, 1.807) is 6.20 Å². The van der Waals surface area contributed by atoms with Crippen LogP contribution in [0.5, 0.6) is 0 Å². The van der Waals surface area contributed by atoms with Gasteiger partial charge in [-0.25, -0.2) is 0 Å². The molecule has 1 fully saturated rings. The second kappa shape index (κ2) is 3.33. The highest BCUT2D eigenvalue weighted by molar-refractivity contribution is 5.16. The van der Waals surface area contributed by atoms with E-state index in [1.807, 2.05) is 31.1 Å². The number of likely N-dealkylation sites (tertiary alicyclic amines) is 1. The fourth-order valence-electron chi connectivity index (χ4n) is 2.08. The number of hydrogen-bond acceptors (Lipinski definition) is 3. The Morgan fingerprint density at radius 2 is 2.43 bits per heavy atom. The summed E-state index contributed by atoms with van der Waals surface area (Å²) in [6, 6.07) is 4.31. The van der Waals surface area contributed by atoms with Gasteiger partial charge < -0.3 is 5.11 Å². The molecule has 0 aliphatic carbocycles. The molecule has 1 aromatic heterocycles. The van der Waals surface area contributed by atoms with Crippen molar-refractivity contribution < 1.29 is 5.11 Å². The molecule has 1 aliphatic heterocycles. The first kappa shape index (κ1) is 9.62. The summed E-state index contributed by atoms with van der Waals surface area (Å²) >= 11 is 0. The van der Waals surface area contributed by atoms with Gasteiger partial charge in [0, 0.05) is 18.4 Å². The predicted octanol–water partition coefficient (Wildman–Crippen LogP) is 1.56. The van der Waals surface area contributed by atoms with Crippen LogP contribution in [0.15, 0.2) is 24.5 Å². The highest BCUT2D eigenvalue weighted by Gasteiger charge is 2.39. The Kier molecular flexibility index (Phi) is 2.29. The Morgan fingerprint density at radius 1 is 1.64 bits per heavy atom. The van der Waals surface area contributed by atoms with E-state index in [-0.39, 0.29) is 0 Å². The first-order valence-electron chi connectivity index (χ1n) is 4.96. The SMILES string of the molecule is CN1[C@H](c2cccnc2)CCC1(C)O. The maximum absolute atomic E-state index is 10.0. The number of hydrogen-bond donors (Lipinski definition) is 1. The van der Waals surface area contributed by atoms with Crippen LogP contribution in [0.25, 0.3) is 0 Å². The van der Waals surface area contributed by atoms with E-state index < -0.39 is 5.72 Å². The standard InChI is InChI=1S/C11H16N2O/c1-11(14)6-5-10(13(11)2)9-4-3-7-12-8-9/h3-4,7-8,10,14H,5-6H2,1-2H3/t10-,11?/m0/s1. The molecule has 0 spiro atoms. The summed E-state index contributed by atoms with van der Waals surface area (Å²) in [4.78, 5) is 6.12. The zero-order valence-corrected chi connectivity index (χ0v) is 8.64. The quantitative estimate of drug-likeness (QED) is 0.733. The van der Waals surface area contributed by atoms with E-state index in [1.165, 1.54) is 5.56 Å². The molecule has 1 unspecified atom stereocenters. The van der Waals surface area contributed by atoms with Crippen LogP contribution in [-0.4, -0.2) is 27.8 Å². The number of nitrogens with zero attached hydrogens (tertiary/aromatic N) is 2. The van der Waals surface area contributed by atoms with Crippen molar-refractivity contribution in [1.82, 2.24) is 9.88 Å². The minimum Gasteiger partial charge on any atom is -0.376 e. The van der Waals surface area contributed by atoms with Crippen molar-refractivity contribution in [3.8, 4) is 0 Å². The molecular formula is C11H16N2O. The molecule has 2 heterocycles. The molecule has 1 N–H and O–H groups in total. The predicted molar refractivity (Wildman–Crippen MR) is 54.6 cm³/mol. The van der Waals surface area contributed by atoms with Crippen molar-refractivity contribution in [3.05, 3.63) is 30.1 Å². The molecule has 3 nitrogen and oxygen atoms in total. The normalized spacial score (nSPS) is 33.5. The van der Waals surface area contributed by atoms with E-state index in [9.17, 15) is 5.11 Å². The van der Waals surface area contributed by atoms with Crippen molar-refractivity contribution in [3.63, 3.8) is 0 Å². The average molecular weight is 192 g/mol. The second-order valence-corrected chi connectivity index (χ2v) is 4.17. The average Bonchev–Trinajstić information content (AvgIpc) is 2.44. The summed E-state index contributed by atoms with van der Waals surface area (Å²) in [5, 5.41) is 10.0. The highest BCUT2D eigenvalue weighted by Crippen LogP contribution is 2.38. The van der Waals surface area contributed by atoms with Gasteiger partial charge in [0.1, 0.15) is 5.72 Å². The molecule has 3 heteroatoms. The second-order valence-electron chi connectivity index (χ2n) is 4.17. The van der Waals surface area contributed by atoms with Crippen LogP contribution in [0, 0.1) is 0 Å². The van der Waals surface area contributed by atoms with Gasteiger partial charge in [-0.3, -0.25) is 9.88 Å². The van der Waals surface area contributed by atoms with Crippen LogP contribution in [0.3, 0.4) is 0 Å². The Balaban J connectivity index is 2.23. The van der Waals surface area contributed by atoms with Gasteiger partial charge in [0.25, 0.3) is 0 Å². The summed E-state index contributed by atoms with van der Waals surface area (Å²) in [7, 11) is 1.96. The first-order chi connectivity index (χ1) is 6.61. The zero-order chi connectivity index (χ0) is 10.2. The van der Waals surface area contributed by atoms with Gasteiger partial charge >= 0.3 is 0 Å². The van der Waals surface area contributed by atoms with Crippen molar-refractivity contribution >= 4 is 0 Å². The molecule has 14 heavy (non-hydrogen) atoms. The van der Waals surface area contributed by atoms with Gasteiger partial charge in [-0.1, -0.05) is 6.07 Å². The minimum absolute atomic E-state index is 0.304. The number of pyridine rings is 1. The highest BCUT2D eigenvalue weighted by atomic mass is 16.3. The lowest BCUT2D eigenvalue weighted by Gasteiger charge is -2.30. The third-order valence-electron chi connectivity index (χ3n) is 3.19. The third-order valence-corrected chi connectivity index (χ3v) is 3.19. The third kappa shape index (κ3) is 1.53. The monoisotopic (exact) mass is 192 g/mol. The lowest BCUT2D eigenvalue weighted by Crippen LogP contribution is -2.38. The molecule has 1 aromatic rings. The number of rotatable bonds is 1. The van der Waals surface area contributed by atoms with Gasteiger partial charge in [-0.05, 0) is 38.4 Å². The molecular weight excluding hydrogens is 176 g/mol. The molecule has 0 aromatic carbocycles. The Hall–Kier alpha value is -0.930. The van der Waals surface area contributed by atoms with Crippen molar-refractivity contribution in [1.29, 1.82) is 0 Å². The van der Waals surface area contributed by atoms with Crippen LogP contribution >= 0.6 is 0 Å². The molecule has 0 radical (unpaired) electrons. The van der Waals surface area contributed by atoms with Gasteiger partial charge in [-0.15, -0.1) is 0 Å². The van der Waals surface area contributed by atoms with Crippen LogP contribution in [0.1, 0.15) is 31.4 Å². The summed E-state index contributed by atoms with van der Waals surface area (Å²) in [6.45, 7) is 1.86. The van der Waals surface area contributed by atoms with Gasteiger partial charge in [0.15, 0.2) is 0 Å². The smallest absolute Gasteiger partial charge is 0.116 e. The largest absolute Gasteiger partial charge is 0.376 e. The summed E-state index contributed by atoms with van der Waals surface area (Å²) < 4.78 is 0. The maximum Gasteiger partial charge on any atom is 0.116 e. The van der Waals surface area contributed by atoms with Gasteiger partial charge in [0.05, 0.1) is 0 Å². The molecule has 76 valence electrons. The van der Waals surface area contributed by atoms with E-state index in [2.05, 4.69) is 11.1 Å². The van der Waals surface area contributed by atoms with Gasteiger partial charge in [-0.2, -0.15) is 0 Å². The zero-order valence-electron chi connectivity index (χ0n) is 8.64. The summed E-state index contributed by atoms with van der Waals surface area (Å²) in [6.07, 6.45) is 5.47. The van der Waals surface area contributed by atoms with E-state index in [0.29, 0.717) is 6.04 Å².